The average molecular weight is 290 g/mol. The van der Waals surface area contributed by atoms with Crippen LogP contribution in [0.2, 0.25) is 0 Å². The Balaban J connectivity index is 2.09. The maximum Gasteiger partial charge on any atom is 0.255 e. The molecular weight excluding hydrogens is 268 g/mol. The van der Waals surface area contributed by atoms with E-state index in [1.165, 1.54) is 16.7 Å². The number of aromatic nitrogens is 1. The van der Waals surface area contributed by atoms with Crippen molar-refractivity contribution >= 4 is 11.8 Å². The van der Waals surface area contributed by atoms with E-state index in [0.29, 0.717) is 6.04 Å². The summed E-state index contributed by atoms with van der Waals surface area (Å²) in [5, 5.41) is 4.35. The van der Waals surface area contributed by atoms with Crippen molar-refractivity contribution in [3.63, 3.8) is 0 Å². The van der Waals surface area contributed by atoms with Crippen molar-refractivity contribution in [1.82, 2.24) is 10.3 Å². The fourth-order valence-corrected chi connectivity index (χ4v) is 3.12. The smallest absolute Gasteiger partial charge is 0.255 e. The summed E-state index contributed by atoms with van der Waals surface area (Å²) in [5.74, 6) is 0.920. The van der Waals surface area contributed by atoms with Gasteiger partial charge in [-0.05, 0) is 32.4 Å². The summed E-state index contributed by atoms with van der Waals surface area (Å²) >= 11 is 1.65. The number of rotatable bonds is 7. The van der Waals surface area contributed by atoms with Crippen LogP contribution in [0.25, 0.3) is 0 Å². The predicted octanol–water partition coefficient (Wildman–Crippen LogP) is 4.12. The van der Waals surface area contributed by atoms with Crippen molar-refractivity contribution in [2.75, 3.05) is 12.3 Å². The van der Waals surface area contributed by atoms with Crippen LogP contribution in [0.1, 0.15) is 36.1 Å². The Kier molecular flexibility index (Phi) is 5.68. The van der Waals surface area contributed by atoms with Crippen LogP contribution < -0.4 is 5.32 Å². The number of nitrogens with zero attached hydrogens (tertiary/aromatic N) is 1. The number of hydrogen-bond donors (Lipinski definition) is 1. The number of hydrogen-bond acceptors (Lipinski definition) is 4. The normalized spacial score (nSPS) is 12.6. The lowest BCUT2D eigenvalue weighted by atomic mass is 10.0. The van der Waals surface area contributed by atoms with Crippen molar-refractivity contribution in [3.05, 3.63) is 47.3 Å². The van der Waals surface area contributed by atoms with Crippen LogP contribution in [0.3, 0.4) is 0 Å². The molecule has 1 atom stereocenters. The molecule has 0 saturated heterocycles. The van der Waals surface area contributed by atoms with Crippen molar-refractivity contribution in [3.8, 4) is 0 Å². The molecule has 2 aromatic rings. The van der Waals surface area contributed by atoms with Gasteiger partial charge in [-0.2, -0.15) is 0 Å². The third kappa shape index (κ3) is 4.39. The highest BCUT2D eigenvalue weighted by atomic mass is 32.2. The molecule has 0 amide bonds. The molecule has 0 aliphatic heterocycles. The van der Waals surface area contributed by atoms with E-state index in [1.807, 2.05) is 0 Å². The molecule has 0 bridgehead atoms. The highest BCUT2D eigenvalue weighted by Crippen LogP contribution is 2.25. The molecule has 108 valence electrons. The van der Waals surface area contributed by atoms with Gasteiger partial charge in [0.1, 0.15) is 6.26 Å². The molecule has 0 radical (unpaired) electrons. The highest BCUT2D eigenvalue weighted by molar-refractivity contribution is 7.99. The standard InChI is InChI=1S/C16H22N2OS/c1-4-5-17-15(11-20-16-18-6-7-19-16)14-9-12(2)8-13(3)10-14/h6-10,15,17H,4-5,11H2,1-3H3. The Morgan fingerprint density at radius 1 is 1.25 bits per heavy atom. The number of nitrogens with one attached hydrogen (secondary N) is 1. The zero-order chi connectivity index (χ0) is 14.4. The molecule has 4 heteroatoms. The maximum atomic E-state index is 5.30. The number of thioether (sulfide) groups is 1. The molecule has 0 saturated carbocycles. The van der Waals surface area contributed by atoms with Crippen LogP contribution in [0, 0.1) is 13.8 Å². The van der Waals surface area contributed by atoms with E-state index in [2.05, 4.69) is 49.3 Å². The molecule has 1 aromatic carbocycles. The molecular formula is C16H22N2OS. The summed E-state index contributed by atoms with van der Waals surface area (Å²) in [4.78, 5) is 4.17. The summed E-state index contributed by atoms with van der Waals surface area (Å²) in [6.07, 6.45) is 4.44. The lowest BCUT2D eigenvalue weighted by Crippen LogP contribution is -2.24. The van der Waals surface area contributed by atoms with Crippen LogP contribution >= 0.6 is 11.8 Å². The quantitative estimate of drug-likeness (QED) is 0.778. The molecule has 0 aliphatic rings. The largest absolute Gasteiger partial charge is 0.440 e. The van der Waals surface area contributed by atoms with Gasteiger partial charge >= 0.3 is 0 Å². The monoisotopic (exact) mass is 290 g/mol. The van der Waals surface area contributed by atoms with Crippen LogP contribution in [0.4, 0.5) is 0 Å². The Morgan fingerprint density at radius 2 is 2.00 bits per heavy atom. The molecule has 0 fully saturated rings. The molecule has 20 heavy (non-hydrogen) atoms. The minimum atomic E-state index is 0.324. The Hall–Kier alpha value is -1.26. The van der Waals surface area contributed by atoms with E-state index in [9.17, 15) is 0 Å². The summed E-state index contributed by atoms with van der Waals surface area (Å²) in [6, 6.07) is 7.06. The first-order chi connectivity index (χ1) is 9.69. The van der Waals surface area contributed by atoms with Crippen LogP contribution in [-0.2, 0) is 0 Å². The van der Waals surface area contributed by atoms with Gasteiger partial charge in [-0.15, -0.1) is 0 Å². The second kappa shape index (κ2) is 7.50. The zero-order valence-corrected chi connectivity index (χ0v) is 13.2. The van der Waals surface area contributed by atoms with E-state index in [4.69, 9.17) is 4.42 Å². The van der Waals surface area contributed by atoms with Gasteiger partial charge in [-0.3, -0.25) is 0 Å². The minimum absolute atomic E-state index is 0.324. The van der Waals surface area contributed by atoms with Gasteiger partial charge in [0.25, 0.3) is 5.22 Å². The predicted molar refractivity (Wildman–Crippen MR) is 84.2 cm³/mol. The SMILES string of the molecule is CCCNC(CSc1ncco1)c1cc(C)cc(C)c1. The summed E-state index contributed by atoms with van der Waals surface area (Å²) < 4.78 is 5.30. The van der Waals surface area contributed by atoms with E-state index < -0.39 is 0 Å². The molecule has 1 unspecified atom stereocenters. The molecule has 0 aliphatic carbocycles. The van der Waals surface area contributed by atoms with Gasteiger partial charge in [0.2, 0.25) is 0 Å². The maximum absolute atomic E-state index is 5.30. The van der Waals surface area contributed by atoms with E-state index >= 15 is 0 Å². The highest BCUT2D eigenvalue weighted by Gasteiger charge is 2.13. The van der Waals surface area contributed by atoms with Gasteiger partial charge in [0.05, 0.1) is 6.20 Å². The average Bonchev–Trinajstić information content (AvgIpc) is 2.91. The zero-order valence-electron chi connectivity index (χ0n) is 12.3. The Bertz CT molecular complexity index is 505. The molecule has 2 rings (SSSR count). The van der Waals surface area contributed by atoms with Crippen molar-refractivity contribution in [2.45, 2.75) is 38.5 Å². The van der Waals surface area contributed by atoms with Gasteiger partial charge in [0, 0.05) is 11.8 Å². The fourth-order valence-electron chi connectivity index (χ4n) is 2.24. The van der Waals surface area contributed by atoms with E-state index in [-0.39, 0.29) is 0 Å². The first-order valence-electron chi connectivity index (χ1n) is 7.03. The van der Waals surface area contributed by atoms with Gasteiger partial charge < -0.3 is 9.73 Å². The first-order valence-corrected chi connectivity index (χ1v) is 8.01. The summed E-state index contributed by atoms with van der Waals surface area (Å²) in [7, 11) is 0. The van der Waals surface area contributed by atoms with Crippen molar-refractivity contribution in [1.29, 1.82) is 0 Å². The lowest BCUT2D eigenvalue weighted by molar-refractivity contribution is 0.453. The number of oxazole rings is 1. The molecule has 1 heterocycles. The molecule has 1 N–H and O–H groups in total. The number of aryl methyl sites for hydroxylation is 2. The fraction of sp³-hybridized carbons (Fsp3) is 0.438. The van der Waals surface area contributed by atoms with E-state index in [0.717, 1.165) is 23.9 Å². The van der Waals surface area contributed by atoms with Crippen LogP contribution in [0.5, 0.6) is 0 Å². The van der Waals surface area contributed by atoms with Gasteiger partial charge in [0.15, 0.2) is 0 Å². The third-order valence-corrected chi connectivity index (χ3v) is 4.02. The van der Waals surface area contributed by atoms with Crippen LogP contribution in [-0.4, -0.2) is 17.3 Å². The molecule has 0 spiro atoms. The Morgan fingerprint density at radius 3 is 2.60 bits per heavy atom. The first kappa shape index (κ1) is 15.1. The number of benzene rings is 1. The van der Waals surface area contributed by atoms with Crippen LogP contribution in [0.15, 0.2) is 40.3 Å². The summed E-state index contributed by atoms with van der Waals surface area (Å²) in [6.45, 7) is 7.50. The molecule has 3 nitrogen and oxygen atoms in total. The van der Waals surface area contributed by atoms with Gasteiger partial charge in [-0.1, -0.05) is 48.0 Å². The second-order valence-electron chi connectivity index (χ2n) is 5.04. The Labute approximate surface area is 125 Å². The minimum Gasteiger partial charge on any atom is -0.440 e. The van der Waals surface area contributed by atoms with E-state index in [1.54, 1.807) is 24.2 Å². The van der Waals surface area contributed by atoms with Crippen molar-refractivity contribution in [2.24, 2.45) is 0 Å². The topological polar surface area (TPSA) is 38.1 Å². The second-order valence-corrected chi connectivity index (χ2v) is 6.01. The summed E-state index contributed by atoms with van der Waals surface area (Å²) in [5.41, 5.74) is 3.96. The van der Waals surface area contributed by atoms with Gasteiger partial charge in [-0.25, -0.2) is 4.98 Å². The lowest BCUT2D eigenvalue weighted by Gasteiger charge is -2.19. The van der Waals surface area contributed by atoms with Crippen molar-refractivity contribution < 1.29 is 4.42 Å². The third-order valence-electron chi connectivity index (χ3n) is 3.07. The molecule has 1 aromatic heterocycles.